The van der Waals surface area contributed by atoms with E-state index in [1.165, 1.54) is 0 Å². The van der Waals surface area contributed by atoms with Gasteiger partial charge >= 0.3 is 0 Å². The number of pyridine rings is 1. The molecule has 5 heteroatoms. The van der Waals surface area contributed by atoms with Gasteiger partial charge in [-0.15, -0.1) is 0 Å². The van der Waals surface area contributed by atoms with Gasteiger partial charge < -0.3 is 10.2 Å². The summed E-state index contributed by atoms with van der Waals surface area (Å²) in [4.78, 5) is 32.4. The molecular formula is C26H21N3O2. The van der Waals surface area contributed by atoms with Crippen LogP contribution in [0, 0.1) is 0 Å². The van der Waals surface area contributed by atoms with Gasteiger partial charge in [0.2, 0.25) is 0 Å². The van der Waals surface area contributed by atoms with Crippen LogP contribution in [0.1, 0.15) is 31.8 Å². The Balaban J connectivity index is 1.41. The minimum atomic E-state index is -0.190. The lowest BCUT2D eigenvalue weighted by Crippen LogP contribution is -2.38. The van der Waals surface area contributed by atoms with Crippen LogP contribution in [0.5, 0.6) is 0 Å². The first-order valence-electron chi connectivity index (χ1n) is 10.3. The molecule has 1 N–H and O–H groups in total. The first-order valence-corrected chi connectivity index (χ1v) is 10.3. The van der Waals surface area contributed by atoms with Crippen molar-refractivity contribution in [2.24, 2.45) is 0 Å². The maximum absolute atomic E-state index is 13.3. The van der Waals surface area contributed by atoms with Crippen LogP contribution in [-0.4, -0.2) is 28.2 Å². The second-order valence-corrected chi connectivity index (χ2v) is 7.62. The van der Waals surface area contributed by atoms with Crippen molar-refractivity contribution in [3.8, 4) is 0 Å². The van der Waals surface area contributed by atoms with Crippen molar-refractivity contribution in [1.82, 2.24) is 9.88 Å². The van der Waals surface area contributed by atoms with Crippen molar-refractivity contribution in [2.75, 3.05) is 11.9 Å². The van der Waals surface area contributed by atoms with Gasteiger partial charge in [0.1, 0.15) is 0 Å². The smallest absolute Gasteiger partial charge is 0.255 e. The van der Waals surface area contributed by atoms with Crippen molar-refractivity contribution in [3.63, 3.8) is 0 Å². The van der Waals surface area contributed by atoms with Gasteiger partial charge in [0.15, 0.2) is 0 Å². The highest BCUT2D eigenvalue weighted by Gasteiger charge is 2.28. The SMILES string of the molecule is O=C(Nc1ccccc1)c1cccc2c1CCN(Cc1ccnc3ccccc13)C2=O. The number of nitrogens with one attached hydrogen (secondary N) is 1. The van der Waals surface area contributed by atoms with Crippen molar-refractivity contribution >= 4 is 28.4 Å². The third-order valence-corrected chi connectivity index (χ3v) is 5.70. The Morgan fingerprint density at radius 2 is 1.74 bits per heavy atom. The lowest BCUT2D eigenvalue weighted by atomic mass is 9.93. The van der Waals surface area contributed by atoms with Crippen molar-refractivity contribution < 1.29 is 9.59 Å². The predicted octanol–water partition coefficient (Wildman–Crippen LogP) is 4.69. The van der Waals surface area contributed by atoms with Gasteiger partial charge in [0.05, 0.1) is 5.52 Å². The molecule has 0 saturated carbocycles. The average Bonchev–Trinajstić information content (AvgIpc) is 2.81. The van der Waals surface area contributed by atoms with Gasteiger partial charge in [0, 0.05) is 41.5 Å². The second-order valence-electron chi connectivity index (χ2n) is 7.62. The monoisotopic (exact) mass is 407 g/mol. The molecular weight excluding hydrogens is 386 g/mol. The van der Waals surface area contributed by atoms with E-state index in [0.29, 0.717) is 30.6 Å². The number of rotatable bonds is 4. The molecule has 152 valence electrons. The molecule has 3 aromatic carbocycles. The molecule has 31 heavy (non-hydrogen) atoms. The fraction of sp³-hybridized carbons (Fsp3) is 0.115. The van der Waals surface area contributed by atoms with E-state index in [-0.39, 0.29) is 11.8 Å². The summed E-state index contributed by atoms with van der Waals surface area (Å²) < 4.78 is 0. The molecule has 0 radical (unpaired) electrons. The zero-order valence-electron chi connectivity index (χ0n) is 16.9. The molecule has 0 bridgehead atoms. The number of amides is 2. The maximum Gasteiger partial charge on any atom is 0.255 e. The van der Waals surface area contributed by atoms with E-state index in [1.807, 2.05) is 71.6 Å². The van der Waals surface area contributed by atoms with Gasteiger partial charge in [-0.05, 0) is 53.9 Å². The van der Waals surface area contributed by atoms with Crippen LogP contribution < -0.4 is 5.32 Å². The third-order valence-electron chi connectivity index (χ3n) is 5.70. The highest BCUT2D eigenvalue weighted by molar-refractivity contribution is 6.08. The number of anilines is 1. The molecule has 4 aromatic rings. The first kappa shape index (κ1) is 19.0. The number of hydrogen-bond donors (Lipinski definition) is 1. The Morgan fingerprint density at radius 3 is 2.61 bits per heavy atom. The molecule has 1 aromatic heterocycles. The van der Waals surface area contributed by atoms with Crippen molar-refractivity contribution in [3.05, 3.63) is 107 Å². The number of carbonyl (C=O) groups excluding carboxylic acids is 2. The standard InChI is InChI=1S/C26H21N3O2/c30-25(28-19-7-2-1-3-8-19)22-10-6-11-23-21(22)14-16-29(26(23)31)17-18-13-15-27-24-12-5-4-9-20(18)24/h1-13,15H,14,16-17H2,(H,28,30). The fourth-order valence-corrected chi connectivity index (χ4v) is 4.16. The van der Waals surface area contributed by atoms with Gasteiger partial charge in [0.25, 0.3) is 11.8 Å². The van der Waals surface area contributed by atoms with E-state index >= 15 is 0 Å². The lowest BCUT2D eigenvalue weighted by Gasteiger charge is -2.30. The molecule has 5 rings (SSSR count). The summed E-state index contributed by atoms with van der Waals surface area (Å²) in [6.07, 6.45) is 2.43. The van der Waals surface area contributed by atoms with Crippen LogP contribution in [0.25, 0.3) is 10.9 Å². The summed E-state index contributed by atoms with van der Waals surface area (Å²) in [5.74, 6) is -0.235. The number of para-hydroxylation sites is 2. The molecule has 5 nitrogen and oxygen atoms in total. The van der Waals surface area contributed by atoms with E-state index in [9.17, 15) is 9.59 Å². The van der Waals surface area contributed by atoms with Gasteiger partial charge in [-0.3, -0.25) is 14.6 Å². The molecule has 0 saturated heterocycles. The third kappa shape index (κ3) is 3.66. The molecule has 0 fully saturated rings. The highest BCUT2D eigenvalue weighted by atomic mass is 16.2. The van der Waals surface area contributed by atoms with E-state index < -0.39 is 0 Å². The molecule has 1 aliphatic heterocycles. The van der Waals surface area contributed by atoms with E-state index in [1.54, 1.807) is 18.3 Å². The summed E-state index contributed by atoms with van der Waals surface area (Å²) in [7, 11) is 0. The quantitative estimate of drug-likeness (QED) is 0.534. The van der Waals surface area contributed by atoms with Crippen LogP contribution in [0.4, 0.5) is 5.69 Å². The van der Waals surface area contributed by atoms with Crippen LogP contribution in [-0.2, 0) is 13.0 Å². The van der Waals surface area contributed by atoms with Crippen LogP contribution in [0.2, 0.25) is 0 Å². The first-order chi connectivity index (χ1) is 15.2. The molecule has 2 heterocycles. The normalized spacial score (nSPS) is 13.2. The summed E-state index contributed by atoms with van der Waals surface area (Å²) in [6.45, 7) is 1.08. The van der Waals surface area contributed by atoms with Crippen LogP contribution >= 0.6 is 0 Å². The van der Waals surface area contributed by atoms with Crippen LogP contribution in [0.15, 0.2) is 85.1 Å². The molecule has 0 atom stereocenters. The fourth-order valence-electron chi connectivity index (χ4n) is 4.16. The summed E-state index contributed by atoms with van der Waals surface area (Å²) in [5, 5.41) is 3.98. The predicted molar refractivity (Wildman–Crippen MR) is 121 cm³/mol. The lowest BCUT2D eigenvalue weighted by molar-refractivity contribution is 0.0727. The minimum absolute atomic E-state index is 0.0449. The summed E-state index contributed by atoms with van der Waals surface area (Å²) in [6, 6.07) is 24.6. The highest BCUT2D eigenvalue weighted by Crippen LogP contribution is 2.26. The number of hydrogen-bond acceptors (Lipinski definition) is 3. The molecule has 0 aliphatic carbocycles. The van der Waals surface area contributed by atoms with Crippen LogP contribution in [0.3, 0.4) is 0 Å². The van der Waals surface area contributed by atoms with E-state index in [4.69, 9.17) is 0 Å². The summed E-state index contributed by atoms with van der Waals surface area (Å²) >= 11 is 0. The number of nitrogens with zero attached hydrogens (tertiary/aromatic N) is 2. The second kappa shape index (κ2) is 8.03. The topological polar surface area (TPSA) is 62.3 Å². The number of carbonyl (C=O) groups is 2. The van der Waals surface area contributed by atoms with Gasteiger partial charge in [-0.1, -0.05) is 42.5 Å². The summed E-state index contributed by atoms with van der Waals surface area (Å²) in [5.41, 5.74) is 4.70. The Morgan fingerprint density at radius 1 is 0.935 bits per heavy atom. The Kier molecular flexibility index (Phi) is 4.92. The van der Waals surface area contributed by atoms with Crippen molar-refractivity contribution in [2.45, 2.75) is 13.0 Å². The Bertz CT molecular complexity index is 1280. The van der Waals surface area contributed by atoms with E-state index in [2.05, 4.69) is 10.3 Å². The minimum Gasteiger partial charge on any atom is -0.334 e. The van der Waals surface area contributed by atoms with Gasteiger partial charge in [-0.2, -0.15) is 0 Å². The van der Waals surface area contributed by atoms with Gasteiger partial charge in [-0.25, -0.2) is 0 Å². The average molecular weight is 407 g/mol. The number of fused-ring (bicyclic) bond motifs is 2. The molecule has 0 unspecified atom stereocenters. The largest absolute Gasteiger partial charge is 0.334 e. The number of benzene rings is 3. The number of aromatic nitrogens is 1. The zero-order valence-corrected chi connectivity index (χ0v) is 16.9. The van der Waals surface area contributed by atoms with E-state index in [0.717, 1.165) is 27.7 Å². The molecule has 2 amide bonds. The zero-order chi connectivity index (χ0) is 21.2. The van der Waals surface area contributed by atoms with Crippen molar-refractivity contribution in [1.29, 1.82) is 0 Å². The molecule has 0 spiro atoms. The Labute approximate surface area is 180 Å². The maximum atomic E-state index is 13.3. The Hall–Kier alpha value is -3.99. The molecule has 1 aliphatic rings.